The summed E-state index contributed by atoms with van der Waals surface area (Å²) in [6.07, 6.45) is 4.41. The van der Waals surface area contributed by atoms with Gasteiger partial charge in [-0.2, -0.15) is 0 Å². The van der Waals surface area contributed by atoms with Crippen LogP contribution in [0.1, 0.15) is 27.7 Å². The molecule has 0 saturated carbocycles. The molecule has 1 amide bonds. The number of aliphatic hydroxyl groups excluding tert-OH is 1. The predicted molar refractivity (Wildman–Crippen MR) is 100 cm³/mol. The second kappa shape index (κ2) is 6.70. The Morgan fingerprint density at radius 2 is 2.00 bits per heavy atom. The number of anilines is 1. The molecule has 0 radical (unpaired) electrons. The van der Waals surface area contributed by atoms with Gasteiger partial charge in [-0.15, -0.1) is 0 Å². The number of aliphatic hydroxyl groups is 1. The number of Topliss-reactive ketones (excluding diaryl/α,β-unsaturated/α-hetero) is 1. The number of rotatable bonds is 4. The molecular formula is C21H16N2O5. The van der Waals surface area contributed by atoms with Crippen molar-refractivity contribution in [3.63, 3.8) is 0 Å². The van der Waals surface area contributed by atoms with Crippen LogP contribution in [0, 0.1) is 6.92 Å². The minimum absolute atomic E-state index is 0.00134. The highest BCUT2D eigenvalue weighted by Gasteiger charge is 2.46. The number of carbonyl (C=O) groups is 2. The van der Waals surface area contributed by atoms with Crippen LogP contribution >= 0.6 is 0 Å². The molecule has 2 N–H and O–H groups in total. The number of hydrogen-bond acceptors (Lipinski definition) is 6. The number of amides is 1. The van der Waals surface area contributed by atoms with Gasteiger partial charge in [0.1, 0.15) is 5.75 Å². The second-order valence-electron chi connectivity index (χ2n) is 6.42. The highest BCUT2D eigenvalue weighted by molar-refractivity contribution is 6.20. The van der Waals surface area contributed by atoms with Crippen LogP contribution in [0.2, 0.25) is 0 Å². The van der Waals surface area contributed by atoms with Crippen molar-refractivity contribution in [3.05, 3.63) is 89.3 Å². The first-order valence-electron chi connectivity index (χ1n) is 8.53. The van der Waals surface area contributed by atoms with Crippen molar-refractivity contribution < 1.29 is 24.2 Å². The van der Waals surface area contributed by atoms with Crippen molar-refractivity contribution >= 4 is 17.4 Å². The zero-order chi connectivity index (χ0) is 19.8. The summed E-state index contributed by atoms with van der Waals surface area (Å²) in [5.74, 6) is -2.23. The van der Waals surface area contributed by atoms with Crippen molar-refractivity contribution in [3.8, 4) is 5.75 Å². The molecule has 1 aliphatic rings. The summed E-state index contributed by atoms with van der Waals surface area (Å²) in [7, 11) is 0. The SMILES string of the molecule is Cc1ccc(O)c(N2C(=O)C(O)=C(C(=O)c3ccco3)C2c2cccnc2)c1. The number of ketones is 1. The lowest BCUT2D eigenvalue weighted by Gasteiger charge is -2.27. The van der Waals surface area contributed by atoms with E-state index in [-0.39, 0.29) is 22.8 Å². The molecule has 2 aromatic heterocycles. The Hall–Kier alpha value is -3.87. The van der Waals surface area contributed by atoms with Gasteiger partial charge in [0, 0.05) is 12.4 Å². The molecular weight excluding hydrogens is 360 g/mol. The Labute approximate surface area is 160 Å². The highest BCUT2D eigenvalue weighted by Crippen LogP contribution is 2.44. The topological polar surface area (TPSA) is 104 Å². The third kappa shape index (κ3) is 2.73. The molecule has 3 heterocycles. The Kier molecular flexibility index (Phi) is 4.19. The van der Waals surface area contributed by atoms with E-state index in [1.54, 1.807) is 36.5 Å². The summed E-state index contributed by atoms with van der Waals surface area (Å²) in [5.41, 5.74) is 1.37. The minimum atomic E-state index is -0.966. The maximum Gasteiger partial charge on any atom is 0.294 e. The molecule has 1 unspecified atom stereocenters. The van der Waals surface area contributed by atoms with Crippen molar-refractivity contribution in [2.45, 2.75) is 13.0 Å². The first-order chi connectivity index (χ1) is 13.5. The van der Waals surface area contributed by atoms with Crippen molar-refractivity contribution in [1.29, 1.82) is 0 Å². The van der Waals surface area contributed by atoms with E-state index in [2.05, 4.69) is 4.98 Å². The van der Waals surface area contributed by atoms with E-state index in [0.29, 0.717) is 5.56 Å². The number of hydrogen-bond donors (Lipinski definition) is 2. The number of phenols is 1. The van der Waals surface area contributed by atoms with E-state index < -0.39 is 23.5 Å². The summed E-state index contributed by atoms with van der Waals surface area (Å²) < 4.78 is 5.17. The number of furan rings is 1. The van der Waals surface area contributed by atoms with Gasteiger partial charge in [-0.25, -0.2) is 0 Å². The Morgan fingerprint density at radius 1 is 1.18 bits per heavy atom. The van der Waals surface area contributed by atoms with Crippen molar-refractivity contribution in [2.24, 2.45) is 0 Å². The zero-order valence-corrected chi connectivity index (χ0v) is 14.9. The largest absolute Gasteiger partial charge is 0.506 e. The third-order valence-corrected chi connectivity index (χ3v) is 4.59. The highest BCUT2D eigenvalue weighted by atomic mass is 16.3. The van der Waals surface area contributed by atoms with E-state index in [4.69, 9.17) is 4.42 Å². The average Bonchev–Trinajstić information content (AvgIpc) is 3.32. The van der Waals surface area contributed by atoms with E-state index >= 15 is 0 Å². The molecule has 3 aromatic rings. The van der Waals surface area contributed by atoms with Crippen LogP contribution < -0.4 is 4.90 Å². The number of benzene rings is 1. The molecule has 0 bridgehead atoms. The standard InChI is InChI=1S/C21H16N2O5/c1-12-6-7-15(24)14(10-12)23-18(13-4-2-8-22-11-13)17(20(26)21(23)27)19(25)16-5-3-9-28-16/h2-11,18,24,26H,1H3. The van der Waals surface area contributed by atoms with Gasteiger partial charge in [0.15, 0.2) is 11.5 Å². The Bertz CT molecular complexity index is 1090. The van der Waals surface area contributed by atoms with Crippen LogP contribution in [0.25, 0.3) is 0 Å². The van der Waals surface area contributed by atoms with Gasteiger partial charge in [-0.1, -0.05) is 12.1 Å². The summed E-state index contributed by atoms with van der Waals surface area (Å²) in [5, 5.41) is 20.9. The van der Waals surface area contributed by atoms with Gasteiger partial charge in [-0.05, 0) is 48.4 Å². The van der Waals surface area contributed by atoms with Crippen LogP contribution in [-0.4, -0.2) is 26.9 Å². The molecule has 28 heavy (non-hydrogen) atoms. The summed E-state index contributed by atoms with van der Waals surface area (Å²) in [4.78, 5) is 31.2. The predicted octanol–water partition coefficient (Wildman–Crippen LogP) is 3.47. The van der Waals surface area contributed by atoms with Crippen LogP contribution in [0.5, 0.6) is 5.75 Å². The summed E-state index contributed by atoms with van der Waals surface area (Å²) in [6.45, 7) is 1.81. The molecule has 0 spiro atoms. The van der Waals surface area contributed by atoms with Gasteiger partial charge in [-0.3, -0.25) is 19.5 Å². The van der Waals surface area contributed by atoms with Crippen molar-refractivity contribution in [1.82, 2.24) is 4.98 Å². The normalized spacial score (nSPS) is 16.7. The second-order valence-corrected chi connectivity index (χ2v) is 6.42. The fraction of sp³-hybridized carbons (Fsp3) is 0.0952. The lowest BCUT2D eigenvalue weighted by atomic mass is 9.96. The van der Waals surface area contributed by atoms with Gasteiger partial charge in [0.2, 0.25) is 5.78 Å². The first-order valence-corrected chi connectivity index (χ1v) is 8.53. The average molecular weight is 376 g/mol. The quantitative estimate of drug-likeness (QED) is 0.676. The van der Waals surface area contributed by atoms with Crippen LogP contribution in [-0.2, 0) is 4.79 Å². The van der Waals surface area contributed by atoms with Gasteiger partial charge in [0.05, 0.1) is 23.6 Å². The molecule has 7 heteroatoms. The number of pyridine rings is 1. The molecule has 0 fully saturated rings. The maximum atomic E-state index is 13.0. The van der Waals surface area contributed by atoms with Crippen LogP contribution in [0.3, 0.4) is 0 Å². The van der Waals surface area contributed by atoms with E-state index in [1.165, 1.54) is 29.5 Å². The van der Waals surface area contributed by atoms with Gasteiger partial charge >= 0.3 is 0 Å². The molecule has 1 atom stereocenters. The summed E-state index contributed by atoms with van der Waals surface area (Å²) >= 11 is 0. The van der Waals surface area contributed by atoms with E-state index in [9.17, 15) is 19.8 Å². The fourth-order valence-corrected chi connectivity index (χ4v) is 3.31. The Balaban J connectivity index is 1.92. The third-order valence-electron chi connectivity index (χ3n) is 4.59. The van der Waals surface area contributed by atoms with Gasteiger partial charge < -0.3 is 14.6 Å². The first kappa shape index (κ1) is 17.5. The number of aromatic nitrogens is 1. The number of aryl methyl sites for hydroxylation is 1. The molecule has 0 saturated heterocycles. The zero-order valence-electron chi connectivity index (χ0n) is 14.9. The van der Waals surface area contributed by atoms with Gasteiger partial charge in [0.25, 0.3) is 5.91 Å². The summed E-state index contributed by atoms with van der Waals surface area (Å²) in [6, 6.07) is 10.2. The smallest absolute Gasteiger partial charge is 0.294 e. The molecule has 0 aliphatic carbocycles. The Morgan fingerprint density at radius 3 is 2.68 bits per heavy atom. The fourth-order valence-electron chi connectivity index (χ4n) is 3.31. The molecule has 140 valence electrons. The number of nitrogens with zero attached hydrogens (tertiary/aromatic N) is 2. The maximum absolute atomic E-state index is 13.0. The number of carbonyl (C=O) groups excluding carboxylic acids is 2. The molecule has 4 rings (SSSR count). The lowest BCUT2D eigenvalue weighted by molar-refractivity contribution is -0.117. The molecule has 1 aliphatic heterocycles. The lowest BCUT2D eigenvalue weighted by Crippen LogP contribution is -2.31. The van der Waals surface area contributed by atoms with Crippen molar-refractivity contribution in [2.75, 3.05) is 4.90 Å². The van der Waals surface area contributed by atoms with E-state index in [1.807, 2.05) is 6.92 Å². The molecule has 7 nitrogen and oxygen atoms in total. The number of aromatic hydroxyl groups is 1. The number of phenolic OH excluding ortho intramolecular Hbond substituents is 1. The molecule has 1 aromatic carbocycles. The minimum Gasteiger partial charge on any atom is -0.506 e. The van der Waals surface area contributed by atoms with E-state index in [0.717, 1.165) is 5.56 Å². The van der Waals surface area contributed by atoms with Crippen LogP contribution in [0.4, 0.5) is 5.69 Å². The monoisotopic (exact) mass is 376 g/mol. The van der Waals surface area contributed by atoms with Crippen LogP contribution in [0.15, 0.2) is 76.9 Å².